The molecule has 0 aliphatic carbocycles. The third-order valence-corrected chi connectivity index (χ3v) is 6.01. The molecule has 1 saturated heterocycles. The summed E-state index contributed by atoms with van der Waals surface area (Å²) in [5.74, 6) is -0.305. The third-order valence-electron chi connectivity index (χ3n) is 5.26. The zero-order valence-electron chi connectivity index (χ0n) is 17.9. The molecule has 4 rings (SSSR count). The van der Waals surface area contributed by atoms with Gasteiger partial charge in [-0.15, -0.1) is 11.3 Å². The lowest BCUT2D eigenvalue weighted by Crippen LogP contribution is -2.46. The van der Waals surface area contributed by atoms with Crippen LogP contribution in [0.4, 0.5) is 5.13 Å². The first-order chi connectivity index (χ1) is 15.6. The fourth-order valence-corrected chi connectivity index (χ4v) is 4.06. The van der Waals surface area contributed by atoms with Crippen LogP contribution in [0.5, 0.6) is 0 Å². The fourth-order valence-electron chi connectivity index (χ4n) is 3.34. The van der Waals surface area contributed by atoms with E-state index in [2.05, 4.69) is 27.8 Å². The number of anilines is 1. The number of carbonyl (C=O) groups excluding carboxylic acids is 2. The van der Waals surface area contributed by atoms with Crippen molar-refractivity contribution < 1.29 is 19.1 Å². The summed E-state index contributed by atoms with van der Waals surface area (Å²) < 4.78 is 12.2. The number of hydrogen-bond donors (Lipinski definition) is 2. The van der Waals surface area contributed by atoms with E-state index in [9.17, 15) is 9.59 Å². The Bertz CT molecular complexity index is 1100. The summed E-state index contributed by atoms with van der Waals surface area (Å²) in [6, 6.07) is 9.05. The van der Waals surface area contributed by atoms with E-state index in [0.29, 0.717) is 16.6 Å². The predicted molar refractivity (Wildman–Crippen MR) is 124 cm³/mol. The molecule has 32 heavy (non-hydrogen) atoms. The summed E-state index contributed by atoms with van der Waals surface area (Å²) in [5.41, 5.74) is 3.47. The maximum atomic E-state index is 12.8. The van der Waals surface area contributed by atoms with Gasteiger partial charge in [-0.2, -0.15) is 0 Å². The highest BCUT2D eigenvalue weighted by Gasteiger charge is 2.24. The Hall–Kier alpha value is -2.95. The van der Waals surface area contributed by atoms with Gasteiger partial charge in [-0.25, -0.2) is 4.98 Å². The topological polar surface area (TPSA) is 94.5 Å². The zero-order valence-corrected chi connectivity index (χ0v) is 18.7. The van der Waals surface area contributed by atoms with Crippen LogP contribution in [0.2, 0.25) is 6.82 Å². The van der Waals surface area contributed by atoms with E-state index >= 15 is 0 Å². The van der Waals surface area contributed by atoms with Crippen molar-refractivity contribution in [2.75, 3.05) is 32.2 Å². The minimum atomic E-state index is -0.851. The second-order valence-corrected chi connectivity index (χ2v) is 8.33. The Labute approximate surface area is 191 Å². The molecule has 2 amide bonds. The van der Waals surface area contributed by atoms with E-state index in [-0.39, 0.29) is 18.4 Å². The van der Waals surface area contributed by atoms with Crippen LogP contribution in [0, 0.1) is 0 Å². The van der Waals surface area contributed by atoms with Crippen molar-refractivity contribution >= 4 is 35.7 Å². The highest BCUT2D eigenvalue weighted by Crippen LogP contribution is 2.30. The number of nitrogens with one attached hydrogen (secondary N) is 2. The molecule has 1 aliphatic rings. The summed E-state index contributed by atoms with van der Waals surface area (Å²) in [7, 11) is 3.31. The van der Waals surface area contributed by atoms with Crippen molar-refractivity contribution in [3.8, 4) is 11.3 Å². The lowest BCUT2D eigenvalue weighted by atomic mass is 9.95. The minimum Gasteiger partial charge on any atom is -0.402 e. The van der Waals surface area contributed by atoms with Crippen molar-refractivity contribution in [1.82, 2.24) is 14.8 Å². The molecule has 1 atom stereocenters. The number of benzene rings is 1. The van der Waals surface area contributed by atoms with Gasteiger partial charge in [0.25, 0.3) is 11.8 Å². The van der Waals surface area contributed by atoms with Gasteiger partial charge in [-0.05, 0) is 23.9 Å². The van der Waals surface area contributed by atoms with Crippen molar-refractivity contribution in [2.45, 2.75) is 18.8 Å². The second-order valence-electron chi connectivity index (χ2n) is 7.47. The number of hydrogen-bond acceptors (Lipinski definition) is 6. The van der Waals surface area contributed by atoms with Crippen molar-refractivity contribution in [1.29, 1.82) is 0 Å². The second kappa shape index (κ2) is 10.1. The average Bonchev–Trinajstić information content (AvgIpc) is 3.42. The summed E-state index contributed by atoms with van der Waals surface area (Å²) in [5, 5.41) is 7.88. The molecule has 0 bridgehead atoms. The molecule has 0 spiro atoms. The number of amides is 2. The molecule has 2 aromatic heterocycles. The first kappa shape index (κ1) is 22.3. The number of methoxy groups -OCH3 is 1. The first-order valence-electron chi connectivity index (χ1n) is 10.3. The van der Waals surface area contributed by atoms with Gasteiger partial charge in [-0.3, -0.25) is 9.59 Å². The van der Waals surface area contributed by atoms with Gasteiger partial charge in [0.1, 0.15) is 6.04 Å². The van der Waals surface area contributed by atoms with Gasteiger partial charge in [0.05, 0.1) is 31.1 Å². The molecule has 165 valence electrons. The van der Waals surface area contributed by atoms with Crippen LogP contribution >= 0.6 is 11.3 Å². The highest BCUT2D eigenvalue weighted by atomic mass is 32.1. The highest BCUT2D eigenvalue weighted by molar-refractivity contribution is 7.14. The van der Waals surface area contributed by atoms with Crippen molar-refractivity contribution in [2.24, 2.45) is 0 Å². The molecule has 3 aromatic rings. The number of carbonyl (C=O) groups is 2. The molecule has 10 heteroatoms. The van der Waals surface area contributed by atoms with Crippen LogP contribution in [0.3, 0.4) is 0 Å². The standard InChI is InChI=1S/C22H24BN4O4S/c1-23-27-7-6-16(9-27)20(28)24-18(12-30-2)21(29)26-22-25-19(13-32-22)15-5-3-4-14(8-15)17-10-31-11-17/h3-9,13,17-18H,10-12H2,1-2H3,(H,24,28)(H,25,26,29). The summed E-state index contributed by atoms with van der Waals surface area (Å²) in [6.45, 7) is 3.40. The normalized spacial score (nSPS) is 14.4. The van der Waals surface area contributed by atoms with E-state index < -0.39 is 6.04 Å². The molecule has 1 radical (unpaired) electrons. The van der Waals surface area contributed by atoms with Crippen LogP contribution in [0.25, 0.3) is 11.3 Å². The lowest BCUT2D eigenvalue weighted by molar-refractivity contribution is -0.119. The largest absolute Gasteiger partial charge is 0.402 e. The maximum absolute atomic E-state index is 12.8. The minimum absolute atomic E-state index is 0.0436. The van der Waals surface area contributed by atoms with Gasteiger partial charge in [-0.1, -0.05) is 25.0 Å². The molecule has 1 aliphatic heterocycles. The zero-order chi connectivity index (χ0) is 22.5. The van der Waals surface area contributed by atoms with E-state index in [1.165, 1.54) is 24.0 Å². The van der Waals surface area contributed by atoms with E-state index in [1.54, 1.807) is 22.9 Å². The molecule has 1 fully saturated rings. The third kappa shape index (κ3) is 5.09. The lowest BCUT2D eigenvalue weighted by Gasteiger charge is -2.26. The predicted octanol–water partition coefficient (Wildman–Crippen LogP) is 2.62. The molecule has 1 unspecified atom stereocenters. The Morgan fingerprint density at radius 1 is 1.38 bits per heavy atom. The monoisotopic (exact) mass is 451 g/mol. The number of rotatable bonds is 9. The molecule has 1 aromatic carbocycles. The van der Waals surface area contributed by atoms with Crippen LogP contribution in [-0.2, 0) is 14.3 Å². The van der Waals surface area contributed by atoms with Crippen LogP contribution in [0.1, 0.15) is 21.8 Å². The molecule has 0 saturated carbocycles. The fraction of sp³-hybridized carbons (Fsp3) is 0.318. The van der Waals surface area contributed by atoms with Crippen LogP contribution in [0.15, 0.2) is 48.1 Å². The van der Waals surface area contributed by atoms with Gasteiger partial charge in [0, 0.05) is 30.2 Å². The number of ether oxygens (including phenoxy) is 2. The summed E-state index contributed by atoms with van der Waals surface area (Å²) >= 11 is 1.34. The number of aromatic nitrogens is 2. The van der Waals surface area contributed by atoms with E-state index in [4.69, 9.17) is 9.47 Å². The SMILES string of the molecule is C[B]n1ccc(C(=O)NC(COC)C(=O)Nc2nc(-c3cccc(C4COC4)c3)cs2)c1. The average molecular weight is 451 g/mol. The molecular weight excluding hydrogens is 427 g/mol. The first-order valence-corrected chi connectivity index (χ1v) is 11.2. The Morgan fingerprint density at radius 3 is 2.91 bits per heavy atom. The van der Waals surface area contributed by atoms with Crippen molar-refractivity contribution in [3.05, 3.63) is 59.2 Å². The smallest absolute Gasteiger partial charge is 0.253 e. The molecule has 2 N–H and O–H groups in total. The van der Waals surface area contributed by atoms with Gasteiger partial charge >= 0.3 is 0 Å². The number of nitrogens with zero attached hydrogens (tertiary/aromatic N) is 2. The van der Waals surface area contributed by atoms with Crippen LogP contribution < -0.4 is 10.6 Å². The van der Waals surface area contributed by atoms with Gasteiger partial charge < -0.3 is 24.6 Å². The van der Waals surface area contributed by atoms with Crippen LogP contribution in [-0.4, -0.2) is 61.7 Å². The Morgan fingerprint density at radius 2 is 2.22 bits per heavy atom. The molecular formula is C22H24BN4O4S. The number of thiazole rings is 1. The molecule has 8 nitrogen and oxygen atoms in total. The Balaban J connectivity index is 1.41. The molecule has 3 heterocycles. The van der Waals surface area contributed by atoms with E-state index in [1.807, 2.05) is 31.8 Å². The van der Waals surface area contributed by atoms with Gasteiger partial charge in [0.15, 0.2) is 5.13 Å². The van der Waals surface area contributed by atoms with E-state index in [0.717, 1.165) is 24.5 Å². The summed E-state index contributed by atoms with van der Waals surface area (Å²) in [6.07, 6.45) is 3.46. The summed E-state index contributed by atoms with van der Waals surface area (Å²) in [4.78, 5) is 29.9. The van der Waals surface area contributed by atoms with Gasteiger partial charge in [0.2, 0.25) is 7.41 Å². The maximum Gasteiger partial charge on any atom is 0.253 e. The quantitative estimate of drug-likeness (QED) is 0.488. The van der Waals surface area contributed by atoms with Crippen molar-refractivity contribution in [3.63, 3.8) is 0 Å². The Kier molecular flexibility index (Phi) is 7.04.